The molecule has 0 aliphatic carbocycles. The summed E-state index contributed by atoms with van der Waals surface area (Å²) in [6, 6.07) is 4.33. The summed E-state index contributed by atoms with van der Waals surface area (Å²) in [6.07, 6.45) is 2.14. The number of hydrogen-bond acceptors (Lipinski definition) is 1. The summed E-state index contributed by atoms with van der Waals surface area (Å²) in [5.74, 6) is -0.889. The molecule has 15 heavy (non-hydrogen) atoms. The smallest absolute Gasteiger partial charge is 0.159 e. The topological polar surface area (TPSA) is 12.0 Å². The van der Waals surface area contributed by atoms with Crippen LogP contribution >= 0.6 is 0 Å². The Morgan fingerprint density at radius 1 is 1.27 bits per heavy atom. The standard InChI is InChI=1S/C12H15F2N/c1-8-4-5-15-12(6-8)9-2-3-10(13)11(14)7-9/h2-3,7-8,12,15H,4-6H2,1H3. The van der Waals surface area contributed by atoms with Crippen LogP contribution in [0.15, 0.2) is 18.2 Å². The van der Waals surface area contributed by atoms with Gasteiger partial charge >= 0.3 is 0 Å². The van der Waals surface area contributed by atoms with Gasteiger partial charge in [-0.1, -0.05) is 13.0 Å². The van der Waals surface area contributed by atoms with E-state index in [1.54, 1.807) is 6.07 Å². The van der Waals surface area contributed by atoms with Crippen LogP contribution in [0.25, 0.3) is 0 Å². The zero-order valence-corrected chi connectivity index (χ0v) is 8.76. The molecule has 1 aromatic rings. The van der Waals surface area contributed by atoms with Gasteiger partial charge in [-0.15, -0.1) is 0 Å². The second-order valence-electron chi connectivity index (χ2n) is 4.31. The molecule has 0 bridgehead atoms. The van der Waals surface area contributed by atoms with E-state index in [4.69, 9.17) is 0 Å². The monoisotopic (exact) mass is 211 g/mol. The molecule has 0 radical (unpaired) electrons. The van der Waals surface area contributed by atoms with Crippen molar-refractivity contribution >= 4 is 0 Å². The molecule has 1 aliphatic heterocycles. The van der Waals surface area contributed by atoms with Gasteiger partial charge in [0.05, 0.1) is 0 Å². The lowest BCUT2D eigenvalue weighted by Gasteiger charge is -2.28. The third kappa shape index (κ3) is 2.34. The average molecular weight is 211 g/mol. The molecule has 2 rings (SSSR count). The van der Waals surface area contributed by atoms with Gasteiger partial charge in [-0.2, -0.15) is 0 Å². The zero-order chi connectivity index (χ0) is 10.8. The van der Waals surface area contributed by atoms with E-state index in [1.807, 2.05) is 0 Å². The summed E-state index contributed by atoms with van der Waals surface area (Å²) < 4.78 is 25.8. The fourth-order valence-electron chi connectivity index (χ4n) is 2.09. The van der Waals surface area contributed by atoms with E-state index in [1.165, 1.54) is 12.1 Å². The molecule has 2 unspecified atom stereocenters. The molecule has 82 valence electrons. The molecule has 1 fully saturated rings. The number of halogens is 2. The van der Waals surface area contributed by atoms with Gasteiger partial charge in [0.1, 0.15) is 0 Å². The van der Waals surface area contributed by atoms with Crippen molar-refractivity contribution in [3.8, 4) is 0 Å². The summed E-state index contributed by atoms with van der Waals surface area (Å²) in [5.41, 5.74) is 0.848. The van der Waals surface area contributed by atoms with Crippen molar-refractivity contribution < 1.29 is 8.78 Å². The van der Waals surface area contributed by atoms with Gasteiger partial charge in [-0.25, -0.2) is 8.78 Å². The maximum atomic E-state index is 13.0. The average Bonchev–Trinajstić information content (AvgIpc) is 2.22. The molecule has 1 N–H and O–H groups in total. The van der Waals surface area contributed by atoms with Crippen LogP contribution in [0.4, 0.5) is 8.78 Å². The molecule has 1 saturated heterocycles. The third-order valence-corrected chi connectivity index (χ3v) is 3.01. The first-order chi connectivity index (χ1) is 7.16. The first-order valence-electron chi connectivity index (χ1n) is 5.35. The van der Waals surface area contributed by atoms with Crippen LogP contribution in [-0.2, 0) is 0 Å². The highest BCUT2D eigenvalue weighted by Gasteiger charge is 2.20. The fourth-order valence-corrected chi connectivity index (χ4v) is 2.09. The number of rotatable bonds is 1. The number of hydrogen-bond donors (Lipinski definition) is 1. The van der Waals surface area contributed by atoms with E-state index in [2.05, 4.69) is 12.2 Å². The van der Waals surface area contributed by atoms with Crippen molar-refractivity contribution in [2.24, 2.45) is 5.92 Å². The van der Waals surface area contributed by atoms with Crippen LogP contribution < -0.4 is 5.32 Å². The highest BCUT2D eigenvalue weighted by molar-refractivity contribution is 5.21. The third-order valence-electron chi connectivity index (χ3n) is 3.01. The Bertz CT molecular complexity index is 351. The van der Waals surface area contributed by atoms with Crippen molar-refractivity contribution in [1.29, 1.82) is 0 Å². The fraction of sp³-hybridized carbons (Fsp3) is 0.500. The first-order valence-corrected chi connectivity index (χ1v) is 5.35. The number of piperidine rings is 1. The van der Waals surface area contributed by atoms with Crippen LogP contribution in [0.1, 0.15) is 31.4 Å². The van der Waals surface area contributed by atoms with Crippen LogP contribution in [0.2, 0.25) is 0 Å². The zero-order valence-electron chi connectivity index (χ0n) is 8.76. The number of benzene rings is 1. The summed E-state index contributed by atoms with van der Waals surface area (Å²) >= 11 is 0. The predicted octanol–water partition coefficient (Wildman–Crippen LogP) is 3.03. The largest absolute Gasteiger partial charge is 0.310 e. The van der Waals surface area contributed by atoms with Gasteiger partial charge in [0, 0.05) is 6.04 Å². The molecule has 1 aromatic carbocycles. The van der Waals surface area contributed by atoms with Gasteiger partial charge < -0.3 is 5.32 Å². The van der Waals surface area contributed by atoms with Crippen molar-refractivity contribution in [3.05, 3.63) is 35.4 Å². The highest BCUT2D eigenvalue weighted by Crippen LogP contribution is 2.27. The summed E-state index contributed by atoms with van der Waals surface area (Å²) in [4.78, 5) is 0. The molecule has 3 heteroatoms. The molecule has 1 heterocycles. The van der Waals surface area contributed by atoms with E-state index in [-0.39, 0.29) is 6.04 Å². The minimum Gasteiger partial charge on any atom is -0.310 e. The Morgan fingerprint density at radius 3 is 2.73 bits per heavy atom. The quantitative estimate of drug-likeness (QED) is 0.753. The van der Waals surface area contributed by atoms with Gasteiger partial charge in [0.15, 0.2) is 11.6 Å². The molecule has 0 spiro atoms. The van der Waals surface area contributed by atoms with Crippen LogP contribution in [0.3, 0.4) is 0 Å². The summed E-state index contributed by atoms with van der Waals surface area (Å²) in [5, 5.41) is 3.32. The van der Waals surface area contributed by atoms with Gasteiger partial charge in [0.2, 0.25) is 0 Å². The molecule has 0 aromatic heterocycles. The number of nitrogens with one attached hydrogen (secondary N) is 1. The lowest BCUT2D eigenvalue weighted by molar-refractivity contribution is 0.324. The van der Waals surface area contributed by atoms with Crippen LogP contribution in [-0.4, -0.2) is 6.54 Å². The molecule has 1 aliphatic rings. The lowest BCUT2D eigenvalue weighted by atomic mass is 9.90. The van der Waals surface area contributed by atoms with Crippen molar-refractivity contribution in [2.45, 2.75) is 25.8 Å². The van der Waals surface area contributed by atoms with Gasteiger partial charge in [-0.3, -0.25) is 0 Å². The first kappa shape index (κ1) is 10.6. The predicted molar refractivity (Wildman–Crippen MR) is 55.5 cm³/mol. The van der Waals surface area contributed by atoms with E-state index >= 15 is 0 Å². The second-order valence-corrected chi connectivity index (χ2v) is 4.31. The maximum Gasteiger partial charge on any atom is 0.159 e. The van der Waals surface area contributed by atoms with Crippen molar-refractivity contribution in [1.82, 2.24) is 5.32 Å². The SMILES string of the molecule is CC1CCNC(c2ccc(F)c(F)c2)C1. The van der Waals surface area contributed by atoms with Crippen LogP contribution in [0, 0.1) is 17.6 Å². The highest BCUT2D eigenvalue weighted by atomic mass is 19.2. The van der Waals surface area contributed by atoms with Gasteiger partial charge in [-0.05, 0) is 43.0 Å². The minimum atomic E-state index is -0.775. The van der Waals surface area contributed by atoms with E-state index in [0.717, 1.165) is 24.9 Å². The Morgan fingerprint density at radius 2 is 2.07 bits per heavy atom. The molecule has 1 nitrogen and oxygen atoms in total. The lowest BCUT2D eigenvalue weighted by Crippen LogP contribution is -2.30. The van der Waals surface area contributed by atoms with Crippen molar-refractivity contribution in [3.63, 3.8) is 0 Å². The van der Waals surface area contributed by atoms with E-state index < -0.39 is 11.6 Å². The minimum absolute atomic E-state index is 0.170. The Hall–Kier alpha value is -0.960. The van der Waals surface area contributed by atoms with E-state index in [0.29, 0.717) is 5.92 Å². The molecular weight excluding hydrogens is 196 g/mol. The Kier molecular flexibility index (Phi) is 3.00. The Balaban J connectivity index is 2.18. The van der Waals surface area contributed by atoms with Gasteiger partial charge in [0.25, 0.3) is 0 Å². The normalized spacial score (nSPS) is 26.6. The van der Waals surface area contributed by atoms with Crippen molar-refractivity contribution in [2.75, 3.05) is 6.54 Å². The molecular formula is C12H15F2N. The second kappa shape index (κ2) is 4.27. The Labute approximate surface area is 88.5 Å². The molecule has 2 atom stereocenters. The maximum absolute atomic E-state index is 13.0. The molecule has 0 saturated carbocycles. The van der Waals surface area contributed by atoms with E-state index in [9.17, 15) is 8.78 Å². The van der Waals surface area contributed by atoms with Crippen LogP contribution in [0.5, 0.6) is 0 Å². The molecule has 0 amide bonds. The summed E-state index contributed by atoms with van der Waals surface area (Å²) in [7, 11) is 0. The summed E-state index contributed by atoms with van der Waals surface area (Å²) in [6.45, 7) is 3.14.